The van der Waals surface area contributed by atoms with Crippen LogP contribution in [0.2, 0.25) is 0 Å². The van der Waals surface area contributed by atoms with E-state index in [0.29, 0.717) is 20.8 Å². The van der Waals surface area contributed by atoms with Gasteiger partial charge in [-0.15, -0.1) is 0 Å². The molecule has 0 spiro atoms. The molecule has 0 aliphatic carbocycles. The van der Waals surface area contributed by atoms with Gasteiger partial charge in [-0.2, -0.15) is 5.10 Å². The molecule has 6 rings (SSSR count). The number of hydrogen-bond donors (Lipinski definition) is 1. The van der Waals surface area contributed by atoms with Crippen molar-refractivity contribution in [2.24, 2.45) is 18.0 Å². The molecule has 1 amide bonds. The SMILES string of the molecule is Cc1c(C=c2sc3n(c2=O)C2c4ccccc4OC(C)(N=3)C2C(=O)Nc2ccccc2)cnn1C. The summed E-state index contributed by atoms with van der Waals surface area (Å²) in [5.41, 5.74) is 1.94. The van der Waals surface area contributed by atoms with Crippen molar-refractivity contribution < 1.29 is 9.53 Å². The van der Waals surface area contributed by atoms with Gasteiger partial charge in [0, 0.05) is 29.6 Å². The number of anilines is 1. The summed E-state index contributed by atoms with van der Waals surface area (Å²) in [6.07, 6.45) is 3.58. The Morgan fingerprint density at radius 3 is 2.66 bits per heavy atom. The van der Waals surface area contributed by atoms with E-state index in [1.165, 1.54) is 11.3 Å². The molecular weight excluding hydrogens is 462 g/mol. The highest BCUT2D eigenvalue weighted by Gasteiger charge is 2.55. The number of carbonyl (C=O) groups excluding carboxylic acids is 1. The molecule has 2 aliphatic rings. The Bertz CT molecular complexity index is 1650. The second-order valence-electron chi connectivity index (χ2n) is 8.96. The molecule has 9 heteroatoms. The number of nitrogens with zero attached hydrogens (tertiary/aromatic N) is 4. The zero-order valence-corrected chi connectivity index (χ0v) is 20.2. The van der Waals surface area contributed by atoms with E-state index in [-0.39, 0.29) is 11.5 Å². The zero-order chi connectivity index (χ0) is 24.3. The first-order chi connectivity index (χ1) is 16.9. The van der Waals surface area contributed by atoms with Crippen molar-refractivity contribution in [3.8, 4) is 5.75 Å². The number of nitrogens with one attached hydrogen (secondary N) is 1. The van der Waals surface area contributed by atoms with E-state index in [4.69, 9.17) is 9.73 Å². The van der Waals surface area contributed by atoms with Gasteiger partial charge in [-0.25, -0.2) is 4.99 Å². The fraction of sp³-hybridized carbons (Fsp3) is 0.231. The van der Waals surface area contributed by atoms with Crippen LogP contribution in [-0.2, 0) is 11.8 Å². The maximum atomic E-state index is 13.8. The van der Waals surface area contributed by atoms with E-state index in [1.54, 1.807) is 15.4 Å². The molecule has 1 N–H and O–H groups in total. The number of rotatable bonds is 3. The van der Waals surface area contributed by atoms with Crippen LogP contribution in [0.4, 0.5) is 5.69 Å². The lowest BCUT2D eigenvalue weighted by molar-refractivity contribution is -0.131. The smallest absolute Gasteiger partial charge is 0.270 e. The molecule has 0 saturated carbocycles. The summed E-state index contributed by atoms with van der Waals surface area (Å²) in [6, 6.07) is 16.3. The Balaban J connectivity index is 1.55. The third-order valence-corrected chi connectivity index (χ3v) is 7.75. The number of hydrogen-bond acceptors (Lipinski definition) is 6. The standard InChI is InChI=1S/C26H23N5O3S/c1-15-16(14-27-30(15)3)13-20-24(33)31-22-18-11-7-8-12-19(18)34-26(2,29-25(31)35-20)21(22)23(32)28-17-9-5-4-6-10-17/h4-14,21-22H,1-3H3,(H,28,32). The van der Waals surface area contributed by atoms with Gasteiger partial charge in [0.05, 0.1) is 16.8 Å². The summed E-state index contributed by atoms with van der Waals surface area (Å²) in [7, 11) is 1.86. The largest absolute Gasteiger partial charge is 0.465 e. The fourth-order valence-electron chi connectivity index (χ4n) is 4.88. The summed E-state index contributed by atoms with van der Waals surface area (Å²) in [5.74, 6) is -0.366. The Kier molecular flexibility index (Phi) is 4.79. The number of amides is 1. The molecule has 2 aromatic carbocycles. The first kappa shape index (κ1) is 21.5. The van der Waals surface area contributed by atoms with Gasteiger partial charge in [-0.05, 0) is 38.1 Å². The first-order valence-electron chi connectivity index (χ1n) is 11.3. The van der Waals surface area contributed by atoms with Crippen molar-refractivity contribution in [2.45, 2.75) is 25.6 Å². The molecule has 176 valence electrons. The summed E-state index contributed by atoms with van der Waals surface area (Å²) in [4.78, 5) is 32.8. The van der Waals surface area contributed by atoms with Crippen molar-refractivity contribution in [2.75, 3.05) is 5.32 Å². The quantitative estimate of drug-likeness (QED) is 0.482. The maximum Gasteiger partial charge on any atom is 0.270 e. The van der Waals surface area contributed by atoms with E-state index in [0.717, 1.165) is 16.8 Å². The van der Waals surface area contributed by atoms with Gasteiger partial charge in [0.1, 0.15) is 11.7 Å². The van der Waals surface area contributed by atoms with E-state index >= 15 is 0 Å². The van der Waals surface area contributed by atoms with Crippen LogP contribution in [0.3, 0.4) is 0 Å². The van der Waals surface area contributed by atoms with Gasteiger partial charge >= 0.3 is 0 Å². The normalized spacial score (nSPS) is 22.5. The van der Waals surface area contributed by atoms with Crippen LogP contribution in [0.5, 0.6) is 5.75 Å². The topological polar surface area (TPSA) is 90.5 Å². The van der Waals surface area contributed by atoms with Crippen molar-refractivity contribution >= 4 is 29.0 Å². The highest BCUT2D eigenvalue weighted by molar-refractivity contribution is 7.07. The molecular formula is C26H23N5O3S. The fourth-order valence-corrected chi connectivity index (χ4v) is 5.97. The number of ether oxygens (including phenoxy) is 1. The molecule has 35 heavy (non-hydrogen) atoms. The van der Waals surface area contributed by atoms with Crippen LogP contribution in [-0.4, -0.2) is 26.0 Å². The van der Waals surface area contributed by atoms with Gasteiger partial charge in [-0.3, -0.25) is 18.8 Å². The van der Waals surface area contributed by atoms with Crippen molar-refractivity contribution in [1.82, 2.24) is 14.3 Å². The van der Waals surface area contributed by atoms with Gasteiger partial charge in [-0.1, -0.05) is 47.7 Å². The molecule has 0 fully saturated rings. The number of aryl methyl sites for hydroxylation is 1. The molecule has 0 radical (unpaired) electrons. The average Bonchev–Trinajstić information content (AvgIpc) is 3.31. The van der Waals surface area contributed by atoms with Gasteiger partial charge in [0.2, 0.25) is 11.6 Å². The molecule has 8 nitrogen and oxygen atoms in total. The van der Waals surface area contributed by atoms with Crippen molar-refractivity contribution in [3.63, 3.8) is 0 Å². The average molecular weight is 486 g/mol. The highest BCUT2D eigenvalue weighted by Crippen LogP contribution is 2.47. The van der Waals surface area contributed by atoms with Crippen LogP contribution in [0.25, 0.3) is 6.08 Å². The Hall–Kier alpha value is -3.98. The van der Waals surface area contributed by atoms with Crippen LogP contribution in [0.15, 0.2) is 70.6 Å². The van der Waals surface area contributed by atoms with Crippen LogP contribution in [0.1, 0.15) is 29.8 Å². The Morgan fingerprint density at radius 1 is 1.17 bits per heavy atom. The number of para-hydroxylation sites is 2. The van der Waals surface area contributed by atoms with Gasteiger partial charge in [0.15, 0.2) is 4.80 Å². The minimum atomic E-state index is -1.17. The second-order valence-corrected chi connectivity index (χ2v) is 9.97. The number of aromatic nitrogens is 3. The van der Waals surface area contributed by atoms with Gasteiger partial charge < -0.3 is 10.1 Å². The first-order valence-corrected chi connectivity index (χ1v) is 12.1. The minimum Gasteiger partial charge on any atom is -0.465 e. The van der Waals surface area contributed by atoms with Crippen molar-refractivity contribution in [3.05, 3.63) is 97.3 Å². The third-order valence-electron chi connectivity index (χ3n) is 6.76. The van der Waals surface area contributed by atoms with Crippen LogP contribution < -0.4 is 24.9 Å². The minimum absolute atomic E-state index is 0.182. The summed E-state index contributed by atoms with van der Waals surface area (Å²) in [5, 5.41) is 7.27. The number of benzene rings is 2. The molecule has 4 heterocycles. The van der Waals surface area contributed by atoms with Crippen molar-refractivity contribution in [1.29, 1.82) is 0 Å². The summed E-state index contributed by atoms with van der Waals surface area (Å²) < 4.78 is 10.3. The monoisotopic (exact) mass is 485 g/mol. The zero-order valence-electron chi connectivity index (χ0n) is 19.4. The molecule has 2 bridgehead atoms. The predicted molar refractivity (Wildman–Crippen MR) is 133 cm³/mol. The Labute approximate surface area is 204 Å². The summed E-state index contributed by atoms with van der Waals surface area (Å²) >= 11 is 1.30. The van der Waals surface area contributed by atoms with E-state index in [1.807, 2.05) is 81.6 Å². The molecule has 4 aromatic rings. The second kappa shape index (κ2) is 7.78. The predicted octanol–water partition coefficient (Wildman–Crippen LogP) is 2.37. The Morgan fingerprint density at radius 2 is 1.91 bits per heavy atom. The summed E-state index contributed by atoms with van der Waals surface area (Å²) in [6.45, 7) is 3.77. The molecule has 2 aromatic heterocycles. The number of carbonyl (C=O) groups is 1. The highest BCUT2D eigenvalue weighted by atomic mass is 32.1. The van der Waals surface area contributed by atoms with E-state index in [2.05, 4.69) is 10.4 Å². The lowest BCUT2D eigenvalue weighted by Crippen LogP contribution is -2.59. The maximum absolute atomic E-state index is 13.8. The lowest BCUT2D eigenvalue weighted by atomic mass is 9.80. The molecule has 3 unspecified atom stereocenters. The number of fused-ring (bicyclic) bond motifs is 6. The lowest BCUT2D eigenvalue weighted by Gasteiger charge is -2.45. The molecule has 3 atom stereocenters. The van der Waals surface area contributed by atoms with Crippen LogP contribution >= 0.6 is 11.3 Å². The number of thiazole rings is 1. The molecule has 0 saturated heterocycles. The van der Waals surface area contributed by atoms with E-state index in [9.17, 15) is 9.59 Å². The van der Waals surface area contributed by atoms with E-state index < -0.39 is 17.7 Å². The van der Waals surface area contributed by atoms with Gasteiger partial charge in [0.25, 0.3) is 5.56 Å². The molecule has 2 aliphatic heterocycles. The van der Waals surface area contributed by atoms with Crippen LogP contribution in [0, 0.1) is 12.8 Å². The third kappa shape index (κ3) is 3.34.